The van der Waals surface area contributed by atoms with Crippen LogP contribution >= 0.6 is 0 Å². The van der Waals surface area contributed by atoms with Crippen molar-refractivity contribution in [3.63, 3.8) is 0 Å². The first kappa shape index (κ1) is 11.4. The van der Waals surface area contributed by atoms with Gasteiger partial charge in [0.25, 0.3) is 0 Å². The molecule has 2 aliphatic rings. The van der Waals surface area contributed by atoms with Crippen LogP contribution in [0.5, 0.6) is 0 Å². The molecule has 0 spiro atoms. The van der Waals surface area contributed by atoms with E-state index in [1.54, 1.807) is 0 Å². The van der Waals surface area contributed by atoms with Crippen LogP contribution in [0.2, 0.25) is 0 Å². The van der Waals surface area contributed by atoms with Crippen molar-refractivity contribution in [2.24, 2.45) is 5.92 Å². The number of piperazine rings is 1. The summed E-state index contributed by atoms with van der Waals surface area (Å²) in [5, 5.41) is 3.49. The molecule has 1 N–H and O–H groups in total. The molecule has 2 heterocycles. The molecule has 0 saturated carbocycles. The summed E-state index contributed by atoms with van der Waals surface area (Å²) in [6, 6.07) is 1.38. The average Bonchev–Trinajstić information content (AvgIpc) is 2.25. The maximum absolute atomic E-state index is 5.41. The lowest BCUT2D eigenvalue weighted by atomic mass is 9.97. The van der Waals surface area contributed by atoms with Gasteiger partial charge >= 0.3 is 0 Å². The topological polar surface area (TPSA) is 24.5 Å². The summed E-state index contributed by atoms with van der Waals surface area (Å²) in [6.45, 7) is 10.2. The van der Waals surface area contributed by atoms with Gasteiger partial charge in [-0.3, -0.25) is 4.90 Å². The first-order valence-corrected chi connectivity index (χ1v) is 6.31. The highest BCUT2D eigenvalue weighted by molar-refractivity contribution is 4.84. The highest BCUT2D eigenvalue weighted by atomic mass is 16.5. The van der Waals surface area contributed by atoms with E-state index in [1.807, 2.05) is 0 Å². The lowest BCUT2D eigenvalue weighted by Gasteiger charge is -2.41. The van der Waals surface area contributed by atoms with E-state index in [1.165, 1.54) is 19.4 Å². The Morgan fingerprint density at radius 2 is 1.73 bits per heavy atom. The Bertz CT molecular complexity index is 182. The molecule has 0 aromatic rings. The molecule has 2 atom stereocenters. The Balaban J connectivity index is 1.84. The zero-order chi connectivity index (χ0) is 10.7. The van der Waals surface area contributed by atoms with Crippen LogP contribution in [0.4, 0.5) is 0 Å². The van der Waals surface area contributed by atoms with E-state index in [9.17, 15) is 0 Å². The first-order chi connectivity index (χ1) is 7.27. The number of hydrogen-bond donors (Lipinski definition) is 1. The van der Waals surface area contributed by atoms with Gasteiger partial charge in [0.05, 0.1) is 0 Å². The fourth-order valence-corrected chi connectivity index (χ4v) is 2.76. The SMILES string of the molecule is CC1CNC[C@@H](C)N1CC1CCOCC1. The van der Waals surface area contributed by atoms with E-state index in [0.717, 1.165) is 32.2 Å². The second-order valence-electron chi connectivity index (χ2n) is 5.11. The Morgan fingerprint density at radius 3 is 2.33 bits per heavy atom. The Kier molecular flexibility index (Phi) is 4.00. The molecule has 2 aliphatic heterocycles. The van der Waals surface area contributed by atoms with Gasteiger partial charge in [0.2, 0.25) is 0 Å². The highest BCUT2D eigenvalue weighted by Crippen LogP contribution is 2.20. The second-order valence-corrected chi connectivity index (χ2v) is 5.11. The van der Waals surface area contributed by atoms with Gasteiger partial charge in [-0.05, 0) is 32.6 Å². The van der Waals surface area contributed by atoms with Gasteiger partial charge in [-0.25, -0.2) is 0 Å². The molecule has 1 unspecified atom stereocenters. The van der Waals surface area contributed by atoms with Crippen molar-refractivity contribution in [3.05, 3.63) is 0 Å². The zero-order valence-electron chi connectivity index (χ0n) is 10.0. The molecule has 0 aromatic carbocycles. The summed E-state index contributed by atoms with van der Waals surface area (Å²) >= 11 is 0. The Labute approximate surface area is 93.2 Å². The van der Waals surface area contributed by atoms with E-state index in [2.05, 4.69) is 24.1 Å². The van der Waals surface area contributed by atoms with E-state index in [-0.39, 0.29) is 0 Å². The molecule has 0 aliphatic carbocycles. The van der Waals surface area contributed by atoms with Crippen molar-refractivity contribution in [2.45, 2.75) is 38.8 Å². The third-order valence-corrected chi connectivity index (χ3v) is 3.82. The summed E-state index contributed by atoms with van der Waals surface area (Å²) in [5.74, 6) is 0.863. The highest BCUT2D eigenvalue weighted by Gasteiger charge is 2.27. The zero-order valence-corrected chi connectivity index (χ0v) is 10.0. The van der Waals surface area contributed by atoms with Crippen LogP contribution in [-0.2, 0) is 4.74 Å². The van der Waals surface area contributed by atoms with E-state index in [0.29, 0.717) is 12.1 Å². The van der Waals surface area contributed by atoms with Gasteiger partial charge < -0.3 is 10.1 Å². The van der Waals surface area contributed by atoms with Crippen molar-refractivity contribution >= 4 is 0 Å². The minimum atomic E-state index is 0.691. The van der Waals surface area contributed by atoms with E-state index in [4.69, 9.17) is 4.74 Å². The third kappa shape index (κ3) is 2.92. The summed E-state index contributed by atoms with van der Waals surface area (Å²) in [4.78, 5) is 2.67. The molecular formula is C12H24N2O. The quantitative estimate of drug-likeness (QED) is 0.742. The fraction of sp³-hybridized carbons (Fsp3) is 1.00. The second kappa shape index (κ2) is 5.28. The summed E-state index contributed by atoms with van der Waals surface area (Å²) in [5.41, 5.74) is 0. The van der Waals surface area contributed by atoms with Crippen molar-refractivity contribution < 1.29 is 4.74 Å². The molecule has 0 bridgehead atoms. The molecule has 0 radical (unpaired) electrons. The summed E-state index contributed by atoms with van der Waals surface area (Å²) in [7, 11) is 0. The molecule has 0 aromatic heterocycles. The standard InChI is InChI=1S/C12H24N2O/c1-10-7-13-8-11(2)14(10)9-12-3-5-15-6-4-12/h10-13H,3-9H2,1-2H3/t10-,11?/m1/s1. The molecule has 2 fully saturated rings. The Morgan fingerprint density at radius 1 is 1.13 bits per heavy atom. The number of rotatable bonds is 2. The molecule has 15 heavy (non-hydrogen) atoms. The largest absolute Gasteiger partial charge is 0.381 e. The van der Waals surface area contributed by atoms with E-state index >= 15 is 0 Å². The normalized spacial score (nSPS) is 35.6. The third-order valence-electron chi connectivity index (χ3n) is 3.82. The van der Waals surface area contributed by atoms with Gasteiger partial charge in [0, 0.05) is 44.9 Å². The molecule has 3 heteroatoms. The molecule has 0 amide bonds. The van der Waals surface area contributed by atoms with Crippen LogP contribution in [0.25, 0.3) is 0 Å². The van der Waals surface area contributed by atoms with Gasteiger partial charge in [-0.2, -0.15) is 0 Å². The minimum absolute atomic E-state index is 0.691. The molecule has 2 saturated heterocycles. The number of nitrogens with zero attached hydrogens (tertiary/aromatic N) is 1. The number of ether oxygens (including phenoxy) is 1. The predicted octanol–water partition coefficient (Wildman–Crippen LogP) is 1.10. The fourth-order valence-electron chi connectivity index (χ4n) is 2.76. The summed E-state index contributed by atoms with van der Waals surface area (Å²) in [6.07, 6.45) is 2.51. The summed E-state index contributed by atoms with van der Waals surface area (Å²) < 4.78 is 5.41. The molecular weight excluding hydrogens is 188 g/mol. The smallest absolute Gasteiger partial charge is 0.0469 e. The van der Waals surface area contributed by atoms with Crippen molar-refractivity contribution in [1.82, 2.24) is 10.2 Å². The van der Waals surface area contributed by atoms with Gasteiger partial charge in [0.15, 0.2) is 0 Å². The molecule has 3 nitrogen and oxygen atoms in total. The van der Waals surface area contributed by atoms with E-state index < -0.39 is 0 Å². The molecule has 88 valence electrons. The van der Waals surface area contributed by atoms with Crippen molar-refractivity contribution in [1.29, 1.82) is 0 Å². The van der Waals surface area contributed by atoms with Gasteiger partial charge in [-0.15, -0.1) is 0 Å². The van der Waals surface area contributed by atoms with Crippen LogP contribution in [0, 0.1) is 5.92 Å². The van der Waals surface area contributed by atoms with Crippen LogP contribution in [0.1, 0.15) is 26.7 Å². The lowest BCUT2D eigenvalue weighted by molar-refractivity contribution is 0.0302. The van der Waals surface area contributed by atoms with Crippen LogP contribution in [0.15, 0.2) is 0 Å². The van der Waals surface area contributed by atoms with Crippen molar-refractivity contribution in [3.8, 4) is 0 Å². The maximum atomic E-state index is 5.41. The molecule has 2 rings (SSSR count). The lowest BCUT2D eigenvalue weighted by Crippen LogP contribution is -2.56. The van der Waals surface area contributed by atoms with Crippen LogP contribution < -0.4 is 5.32 Å². The number of hydrogen-bond acceptors (Lipinski definition) is 3. The Hall–Kier alpha value is -0.120. The monoisotopic (exact) mass is 212 g/mol. The first-order valence-electron chi connectivity index (χ1n) is 6.31. The van der Waals surface area contributed by atoms with Crippen LogP contribution in [-0.4, -0.2) is 49.8 Å². The van der Waals surface area contributed by atoms with Gasteiger partial charge in [-0.1, -0.05) is 0 Å². The minimum Gasteiger partial charge on any atom is -0.381 e. The number of nitrogens with one attached hydrogen (secondary N) is 1. The predicted molar refractivity (Wildman–Crippen MR) is 62.0 cm³/mol. The average molecular weight is 212 g/mol. The maximum Gasteiger partial charge on any atom is 0.0469 e. The van der Waals surface area contributed by atoms with Crippen LogP contribution in [0.3, 0.4) is 0 Å². The van der Waals surface area contributed by atoms with Gasteiger partial charge in [0.1, 0.15) is 0 Å². The van der Waals surface area contributed by atoms with Crippen molar-refractivity contribution in [2.75, 3.05) is 32.8 Å².